The molecule has 0 aliphatic carbocycles. The molecule has 1 aromatic carbocycles. The van der Waals surface area contributed by atoms with Crippen molar-refractivity contribution in [2.24, 2.45) is 0 Å². The van der Waals surface area contributed by atoms with Gasteiger partial charge in [-0.2, -0.15) is 5.10 Å². The number of nitrogens with zero attached hydrogens (tertiary/aromatic N) is 4. The quantitative estimate of drug-likeness (QED) is 0.854. The molecule has 0 radical (unpaired) electrons. The van der Waals surface area contributed by atoms with Crippen LogP contribution in [0.2, 0.25) is 0 Å². The predicted molar refractivity (Wildman–Crippen MR) is 100 cm³/mol. The number of morpholine rings is 1. The van der Waals surface area contributed by atoms with Crippen LogP contribution in [0.1, 0.15) is 0 Å². The molecular formula is C18H26N6O2. The highest BCUT2D eigenvalue weighted by Gasteiger charge is 2.22. The topological polar surface area (TPSA) is 76.7 Å². The highest BCUT2D eigenvalue weighted by Crippen LogP contribution is 2.21. The Kier molecular flexibility index (Phi) is 5.33. The number of anilines is 1. The summed E-state index contributed by atoms with van der Waals surface area (Å²) in [5.41, 5.74) is 1.64. The summed E-state index contributed by atoms with van der Waals surface area (Å²) in [5.74, 6) is 0. The second-order valence-corrected chi connectivity index (χ2v) is 6.85. The molecule has 8 heteroatoms. The smallest absolute Gasteiger partial charge is 0.321 e. The molecule has 0 spiro atoms. The Morgan fingerprint density at radius 3 is 2.58 bits per heavy atom. The van der Waals surface area contributed by atoms with Gasteiger partial charge in [-0.25, -0.2) is 4.79 Å². The highest BCUT2D eigenvalue weighted by atomic mass is 16.5. The third kappa shape index (κ3) is 3.98. The molecule has 0 atom stereocenters. The van der Waals surface area contributed by atoms with Gasteiger partial charge in [-0.1, -0.05) is 12.1 Å². The summed E-state index contributed by atoms with van der Waals surface area (Å²) < 4.78 is 5.39. The third-order valence-corrected chi connectivity index (χ3v) is 5.21. The van der Waals surface area contributed by atoms with Gasteiger partial charge in [0.2, 0.25) is 0 Å². The molecule has 2 fully saturated rings. The fourth-order valence-electron chi connectivity index (χ4n) is 3.55. The van der Waals surface area contributed by atoms with E-state index >= 15 is 0 Å². The van der Waals surface area contributed by atoms with E-state index in [0.29, 0.717) is 0 Å². The van der Waals surface area contributed by atoms with E-state index in [1.165, 1.54) is 0 Å². The maximum atomic E-state index is 12.6. The van der Waals surface area contributed by atoms with E-state index in [9.17, 15) is 4.79 Å². The van der Waals surface area contributed by atoms with E-state index < -0.39 is 0 Å². The van der Waals surface area contributed by atoms with Gasteiger partial charge in [-0.05, 0) is 6.07 Å². The van der Waals surface area contributed by atoms with Gasteiger partial charge in [0.25, 0.3) is 0 Å². The van der Waals surface area contributed by atoms with Gasteiger partial charge in [0, 0.05) is 57.7 Å². The summed E-state index contributed by atoms with van der Waals surface area (Å²) in [7, 11) is 0. The molecule has 2 N–H and O–H groups in total. The van der Waals surface area contributed by atoms with Gasteiger partial charge in [-0.15, -0.1) is 0 Å². The predicted octanol–water partition coefficient (Wildman–Crippen LogP) is 1.04. The number of nitrogens with one attached hydrogen (secondary N) is 2. The lowest BCUT2D eigenvalue weighted by molar-refractivity contribution is 0.0311. The van der Waals surface area contributed by atoms with Crippen LogP contribution in [0.3, 0.4) is 0 Å². The molecule has 3 heterocycles. The number of fused-ring (bicyclic) bond motifs is 1. The van der Waals surface area contributed by atoms with Crippen molar-refractivity contribution in [2.75, 3.05) is 70.9 Å². The van der Waals surface area contributed by atoms with Crippen LogP contribution >= 0.6 is 0 Å². The van der Waals surface area contributed by atoms with Crippen LogP contribution in [-0.2, 0) is 4.74 Å². The van der Waals surface area contributed by atoms with Gasteiger partial charge in [0.1, 0.15) is 0 Å². The maximum Gasteiger partial charge on any atom is 0.321 e. The van der Waals surface area contributed by atoms with Gasteiger partial charge in [0.05, 0.1) is 30.6 Å². The van der Waals surface area contributed by atoms with E-state index in [2.05, 4.69) is 25.3 Å². The fourth-order valence-corrected chi connectivity index (χ4v) is 3.55. The van der Waals surface area contributed by atoms with Crippen molar-refractivity contribution >= 4 is 22.6 Å². The van der Waals surface area contributed by atoms with Crippen molar-refractivity contribution in [1.29, 1.82) is 0 Å². The molecule has 2 saturated heterocycles. The Labute approximate surface area is 153 Å². The lowest BCUT2D eigenvalue weighted by atomic mass is 10.2. The number of ether oxygens (including phenoxy) is 1. The molecule has 0 unspecified atom stereocenters. The zero-order valence-electron chi connectivity index (χ0n) is 15.0. The fraction of sp³-hybridized carbons (Fsp3) is 0.556. The lowest BCUT2D eigenvalue weighted by Crippen LogP contribution is -2.51. The Bertz CT molecular complexity index is 734. The molecule has 2 aliphatic rings. The number of para-hydroxylation sites is 1. The molecule has 4 rings (SSSR count). The van der Waals surface area contributed by atoms with Crippen LogP contribution in [0.25, 0.3) is 10.9 Å². The number of amides is 2. The molecular weight excluding hydrogens is 332 g/mol. The Balaban J connectivity index is 1.25. The number of benzene rings is 1. The van der Waals surface area contributed by atoms with E-state index in [1.807, 2.05) is 23.1 Å². The average molecular weight is 358 g/mol. The van der Waals surface area contributed by atoms with Crippen molar-refractivity contribution in [1.82, 2.24) is 24.9 Å². The van der Waals surface area contributed by atoms with E-state index in [0.717, 1.165) is 82.2 Å². The number of piperazine rings is 1. The Hall–Kier alpha value is -2.16. The number of rotatable bonds is 4. The number of aromatic amines is 1. The number of carbonyl (C=O) groups is 1. The molecule has 140 valence electrons. The van der Waals surface area contributed by atoms with E-state index in [1.54, 1.807) is 6.20 Å². The number of carbonyl (C=O) groups excluding carboxylic acids is 1. The average Bonchev–Trinajstić information content (AvgIpc) is 3.17. The highest BCUT2D eigenvalue weighted by molar-refractivity contribution is 5.99. The monoisotopic (exact) mass is 358 g/mol. The van der Waals surface area contributed by atoms with Crippen molar-refractivity contribution in [3.05, 3.63) is 24.4 Å². The van der Waals surface area contributed by atoms with E-state index in [4.69, 9.17) is 4.74 Å². The third-order valence-electron chi connectivity index (χ3n) is 5.21. The first kappa shape index (κ1) is 17.3. The molecule has 8 nitrogen and oxygen atoms in total. The summed E-state index contributed by atoms with van der Waals surface area (Å²) in [6.45, 7) is 9.25. The van der Waals surface area contributed by atoms with Crippen LogP contribution in [0.4, 0.5) is 10.5 Å². The molecule has 2 aliphatic heterocycles. The molecule has 0 bridgehead atoms. The minimum atomic E-state index is -0.0417. The van der Waals surface area contributed by atoms with Gasteiger partial charge >= 0.3 is 6.03 Å². The number of aromatic nitrogens is 2. The molecule has 26 heavy (non-hydrogen) atoms. The number of H-pyrrole nitrogens is 1. The first-order valence-corrected chi connectivity index (χ1v) is 9.30. The lowest BCUT2D eigenvalue weighted by Gasteiger charge is -2.36. The normalized spacial score (nSPS) is 19.8. The van der Waals surface area contributed by atoms with Crippen molar-refractivity contribution in [3.63, 3.8) is 0 Å². The number of hydrogen-bond acceptors (Lipinski definition) is 5. The second-order valence-electron chi connectivity index (χ2n) is 6.85. The largest absolute Gasteiger partial charge is 0.379 e. The van der Waals surface area contributed by atoms with Crippen molar-refractivity contribution in [3.8, 4) is 0 Å². The van der Waals surface area contributed by atoms with Crippen LogP contribution in [0.5, 0.6) is 0 Å². The summed E-state index contributed by atoms with van der Waals surface area (Å²) >= 11 is 0. The standard InChI is InChI=1S/C18H26N6O2/c25-18(20-16-3-1-2-15-14-19-21-17(15)16)24-8-6-22(7-9-24)4-5-23-10-12-26-13-11-23/h1-3,14H,4-13H2,(H,19,21)(H,20,25). The SMILES string of the molecule is O=C(Nc1cccc2cn[nH]c12)N1CCN(CCN2CCOCC2)CC1. The van der Waals surface area contributed by atoms with Crippen LogP contribution in [0, 0.1) is 0 Å². The second kappa shape index (κ2) is 8.03. The van der Waals surface area contributed by atoms with Crippen molar-refractivity contribution in [2.45, 2.75) is 0 Å². The zero-order chi connectivity index (χ0) is 17.8. The van der Waals surface area contributed by atoms with Gasteiger partial charge in [0.15, 0.2) is 0 Å². The van der Waals surface area contributed by atoms with Crippen LogP contribution in [0.15, 0.2) is 24.4 Å². The molecule has 2 amide bonds. The summed E-state index contributed by atoms with van der Waals surface area (Å²) in [6, 6.07) is 5.76. The number of urea groups is 1. The summed E-state index contributed by atoms with van der Waals surface area (Å²) in [4.78, 5) is 19.4. The Morgan fingerprint density at radius 1 is 1.08 bits per heavy atom. The molecule has 1 aromatic heterocycles. The zero-order valence-corrected chi connectivity index (χ0v) is 15.0. The first-order chi connectivity index (χ1) is 12.8. The minimum absolute atomic E-state index is 0.0417. The molecule has 0 saturated carbocycles. The summed E-state index contributed by atoms with van der Waals surface area (Å²) in [6.07, 6.45) is 1.76. The minimum Gasteiger partial charge on any atom is -0.379 e. The van der Waals surface area contributed by atoms with Gasteiger partial charge < -0.3 is 15.0 Å². The Morgan fingerprint density at radius 2 is 1.81 bits per heavy atom. The van der Waals surface area contributed by atoms with Gasteiger partial charge in [-0.3, -0.25) is 14.9 Å². The molecule has 2 aromatic rings. The number of hydrogen-bond donors (Lipinski definition) is 2. The summed E-state index contributed by atoms with van der Waals surface area (Å²) in [5, 5.41) is 11.0. The van der Waals surface area contributed by atoms with Crippen LogP contribution < -0.4 is 5.32 Å². The van der Waals surface area contributed by atoms with E-state index in [-0.39, 0.29) is 6.03 Å². The first-order valence-electron chi connectivity index (χ1n) is 9.30. The van der Waals surface area contributed by atoms with Crippen molar-refractivity contribution < 1.29 is 9.53 Å². The van der Waals surface area contributed by atoms with Crippen LogP contribution in [-0.4, -0.2) is 96.5 Å². The maximum absolute atomic E-state index is 12.6.